The van der Waals surface area contributed by atoms with E-state index in [-0.39, 0.29) is 5.91 Å². The quantitative estimate of drug-likeness (QED) is 0.770. The minimum absolute atomic E-state index is 0.174. The average Bonchev–Trinajstić information content (AvgIpc) is 2.58. The molecule has 3 aromatic carbocycles. The molecule has 116 valence electrons. The minimum Gasteiger partial charge on any atom is -0.496 e. The monoisotopic (exact) mass is 325 g/mol. The molecule has 0 aliphatic heterocycles. The van der Waals surface area contributed by atoms with E-state index in [0.29, 0.717) is 22.9 Å². The smallest absolute Gasteiger partial charge is 0.255 e. The van der Waals surface area contributed by atoms with Crippen LogP contribution in [-0.4, -0.2) is 13.0 Å². The number of halogens is 1. The van der Waals surface area contributed by atoms with Crippen molar-refractivity contribution in [1.29, 1.82) is 0 Å². The molecule has 0 aliphatic carbocycles. The van der Waals surface area contributed by atoms with Crippen LogP contribution in [0.1, 0.15) is 15.9 Å². The SMILES string of the molecule is COc1cc2ccccc2cc1C(=O)NCc1cccc(Cl)c1. The maximum absolute atomic E-state index is 12.5. The van der Waals surface area contributed by atoms with Gasteiger partial charge in [-0.3, -0.25) is 4.79 Å². The number of benzene rings is 3. The van der Waals surface area contributed by atoms with E-state index >= 15 is 0 Å². The highest BCUT2D eigenvalue weighted by atomic mass is 35.5. The number of rotatable bonds is 4. The highest BCUT2D eigenvalue weighted by molar-refractivity contribution is 6.30. The molecule has 0 aromatic heterocycles. The summed E-state index contributed by atoms with van der Waals surface area (Å²) in [4.78, 5) is 12.5. The highest BCUT2D eigenvalue weighted by Gasteiger charge is 2.13. The Bertz CT molecular complexity index is 861. The summed E-state index contributed by atoms with van der Waals surface area (Å²) in [5, 5.41) is 5.60. The fraction of sp³-hybridized carbons (Fsp3) is 0.105. The molecule has 0 radical (unpaired) electrons. The molecule has 3 rings (SSSR count). The molecule has 0 fully saturated rings. The number of amides is 1. The second-order valence-corrected chi connectivity index (χ2v) is 5.65. The van der Waals surface area contributed by atoms with Crippen LogP contribution in [0.15, 0.2) is 60.7 Å². The van der Waals surface area contributed by atoms with Crippen LogP contribution in [-0.2, 0) is 6.54 Å². The third-order valence-electron chi connectivity index (χ3n) is 3.65. The van der Waals surface area contributed by atoms with E-state index in [2.05, 4.69) is 5.32 Å². The number of carbonyl (C=O) groups excluding carboxylic acids is 1. The minimum atomic E-state index is -0.174. The number of fused-ring (bicyclic) bond motifs is 1. The van der Waals surface area contributed by atoms with Crippen molar-refractivity contribution >= 4 is 28.3 Å². The molecule has 0 saturated heterocycles. The van der Waals surface area contributed by atoms with E-state index in [0.717, 1.165) is 16.3 Å². The summed E-state index contributed by atoms with van der Waals surface area (Å²) >= 11 is 5.96. The summed E-state index contributed by atoms with van der Waals surface area (Å²) in [6.07, 6.45) is 0. The van der Waals surface area contributed by atoms with Crippen LogP contribution in [0.4, 0.5) is 0 Å². The van der Waals surface area contributed by atoms with Gasteiger partial charge in [0.25, 0.3) is 5.91 Å². The molecule has 4 heteroatoms. The summed E-state index contributed by atoms with van der Waals surface area (Å²) < 4.78 is 5.36. The van der Waals surface area contributed by atoms with Gasteiger partial charge in [0.05, 0.1) is 12.7 Å². The highest BCUT2D eigenvalue weighted by Crippen LogP contribution is 2.26. The Labute approximate surface area is 139 Å². The van der Waals surface area contributed by atoms with Crippen molar-refractivity contribution in [2.75, 3.05) is 7.11 Å². The Morgan fingerprint density at radius 1 is 1.04 bits per heavy atom. The third kappa shape index (κ3) is 3.46. The Morgan fingerprint density at radius 2 is 1.78 bits per heavy atom. The number of ether oxygens (including phenoxy) is 1. The molecular weight excluding hydrogens is 310 g/mol. The first-order valence-corrected chi connectivity index (χ1v) is 7.64. The maximum atomic E-state index is 12.5. The van der Waals surface area contributed by atoms with E-state index in [9.17, 15) is 4.79 Å². The molecule has 1 amide bonds. The maximum Gasteiger partial charge on any atom is 0.255 e. The van der Waals surface area contributed by atoms with Crippen molar-refractivity contribution in [1.82, 2.24) is 5.32 Å². The normalized spacial score (nSPS) is 10.5. The standard InChI is InChI=1S/C19H16ClNO2/c1-23-18-11-15-7-3-2-6-14(15)10-17(18)19(22)21-12-13-5-4-8-16(20)9-13/h2-11H,12H2,1H3,(H,21,22). The van der Waals surface area contributed by atoms with Crippen LogP contribution >= 0.6 is 11.6 Å². The van der Waals surface area contributed by atoms with Crippen molar-refractivity contribution in [3.05, 3.63) is 76.8 Å². The van der Waals surface area contributed by atoms with Crippen LogP contribution in [0.5, 0.6) is 5.75 Å². The first-order chi connectivity index (χ1) is 11.2. The number of carbonyl (C=O) groups is 1. The molecule has 1 N–H and O–H groups in total. The topological polar surface area (TPSA) is 38.3 Å². The Morgan fingerprint density at radius 3 is 2.48 bits per heavy atom. The number of nitrogens with one attached hydrogen (secondary N) is 1. The lowest BCUT2D eigenvalue weighted by Crippen LogP contribution is -2.23. The van der Waals surface area contributed by atoms with E-state index in [1.807, 2.05) is 54.6 Å². The van der Waals surface area contributed by atoms with Crippen molar-refractivity contribution in [3.63, 3.8) is 0 Å². The summed E-state index contributed by atoms with van der Waals surface area (Å²) in [6.45, 7) is 0.412. The van der Waals surface area contributed by atoms with Gasteiger partial charge in [-0.25, -0.2) is 0 Å². The molecule has 0 unspecified atom stereocenters. The van der Waals surface area contributed by atoms with Gasteiger partial charge in [-0.1, -0.05) is 48.0 Å². The lowest BCUT2D eigenvalue weighted by Gasteiger charge is -2.11. The zero-order chi connectivity index (χ0) is 16.2. The average molecular weight is 326 g/mol. The molecule has 0 spiro atoms. The van der Waals surface area contributed by atoms with Crippen LogP contribution < -0.4 is 10.1 Å². The van der Waals surface area contributed by atoms with E-state index < -0.39 is 0 Å². The van der Waals surface area contributed by atoms with Gasteiger partial charge >= 0.3 is 0 Å². The molecule has 0 aliphatic rings. The Kier molecular flexibility index (Phi) is 4.49. The van der Waals surface area contributed by atoms with Crippen LogP contribution in [0, 0.1) is 0 Å². The number of hydrogen-bond acceptors (Lipinski definition) is 2. The molecule has 23 heavy (non-hydrogen) atoms. The van der Waals surface area contributed by atoms with E-state index in [1.54, 1.807) is 13.2 Å². The molecule has 0 heterocycles. The summed E-state index contributed by atoms with van der Waals surface area (Å²) in [5.41, 5.74) is 1.47. The number of methoxy groups -OCH3 is 1. The van der Waals surface area contributed by atoms with Gasteiger partial charge in [0.2, 0.25) is 0 Å². The van der Waals surface area contributed by atoms with Gasteiger partial charge in [0.1, 0.15) is 5.75 Å². The van der Waals surface area contributed by atoms with Gasteiger partial charge in [-0.15, -0.1) is 0 Å². The second-order valence-electron chi connectivity index (χ2n) is 5.21. The molecule has 0 bridgehead atoms. The molecule has 3 aromatic rings. The zero-order valence-corrected chi connectivity index (χ0v) is 13.4. The Hall–Kier alpha value is -2.52. The summed E-state index contributed by atoms with van der Waals surface area (Å²) in [6, 6.07) is 19.0. The van der Waals surface area contributed by atoms with Gasteiger partial charge < -0.3 is 10.1 Å². The lowest BCUT2D eigenvalue weighted by molar-refractivity contribution is 0.0948. The predicted molar refractivity (Wildman–Crippen MR) is 93.1 cm³/mol. The zero-order valence-electron chi connectivity index (χ0n) is 12.7. The summed E-state index contributed by atoms with van der Waals surface area (Å²) in [5.74, 6) is 0.389. The molecular formula is C19H16ClNO2. The van der Waals surface area contributed by atoms with Crippen molar-refractivity contribution in [2.24, 2.45) is 0 Å². The fourth-order valence-corrected chi connectivity index (χ4v) is 2.70. The Balaban J connectivity index is 1.85. The van der Waals surface area contributed by atoms with Crippen molar-refractivity contribution in [2.45, 2.75) is 6.54 Å². The van der Waals surface area contributed by atoms with Crippen LogP contribution in [0.25, 0.3) is 10.8 Å². The first-order valence-electron chi connectivity index (χ1n) is 7.27. The van der Waals surface area contributed by atoms with Gasteiger partial charge in [-0.05, 0) is 40.6 Å². The van der Waals surface area contributed by atoms with Crippen molar-refractivity contribution < 1.29 is 9.53 Å². The second kappa shape index (κ2) is 6.71. The summed E-state index contributed by atoms with van der Waals surface area (Å²) in [7, 11) is 1.57. The third-order valence-corrected chi connectivity index (χ3v) is 3.89. The van der Waals surface area contributed by atoms with E-state index in [1.165, 1.54) is 0 Å². The van der Waals surface area contributed by atoms with Crippen LogP contribution in [0.3, 0.4) is 0 Å². The van der Waals surface area contributed by atoms with Gasteiger partial charge in [0.15, 0.2) is 0 Å². The van der Waals surface area contributed by atoms with Gasteiger partial charge in [-0.2, -0.15) is 0 Å². The lowest BCUT2D eigenvalue weighted by atomic mass is 10.1. The van der Waals surface area contributed by atoms with E-state index in [4.69, 9.17) is 16.3 Å². The fourth-order valence-electron chi connectivity index (χ4n) is 2.49. The molecule has 3 nitrogen and oxygen atoms in total. The molecule has 0 atom stereocenters. The largest absolute Gasteiger partial charge is 0.496 e. The first kappa shape index (κ1) is 15.4. The number of hydrogen-bond donors (Lipinski definition) is 1. The van der Waals surface area contributed by atoms with Gasteiger partial charge in [0, 0.05) is 11.6 Å². The predicted octanol–water partition coefficient (Wildman–Crippen LogP) is 4.43. The van der Waals surface area contributed by atoms with Crippen LogP contribution in [0.2, 0.25) is 5.02 Å². The molecule has 0 saturated carbocycles. The van der Waals surface area contributed by atoms with Crippen molar-refractivity contribution in [3.8, 4) is 5.75 Å².